The first kappa shape index (κ1) is 30.4. The maximum Gasteiger partial charge on any atom is 0.185 e. The number of nitrogens with zero attached hydrogens (tertiary/aromatic N) is 2. The smallest absolute Gasteiger partial charge is 0.185 e. The van der Waals surface area contributed by atoms with Crippen LogP contribution in [-0.2, 0) is 0 Å². The molecule has 1 heterocycles. The van der Waals surface area contributed by atoms with Gasteiger partial charge in [-0.05, 0) is 49.1 Å². The molecule has 0 aromatic heterocycles. The fraction of sp³-hybridized carbons (Fsp3) is 0.818. The molecule has 0 spiro atoms. The van der Waals surface area contributed by atoms with Gasteiger partial charge >= 0.3 is 0 Å². The van der Waals surface area contributed by atoms with Crippen molar-refractivity contribution < 1.29 is 0 Å². The zero-order valence-electron chi connectivity index (χ0n) is 18.2. The molecule has 1 aliphatic heterocycles. The number of nitrogens with two attached hydrogens (primary N) is 3. The fourth-order valence-electron chi connectivity index (χ4n) is 2.15. The van der Waals surface area contributed by atoms with E-state index in [-0.39, 0.29) is 13.4 Å². The highest BCUT2D eigenvalue weighted by Gasteiger charge is 2.03. The first-order valence-corrected chi connectivity index (χ1v) is 10.2. The summed E-state index contributed by atoms with van der Waals surface area (Å²) in [6.07, 6.45) is 11.1. The normalized spacial score (nSPS) is 12.0. The Morgan fingerprint density at radius 1 is 1.00 bits per heavy atom. The van der Waals surface area contributed by atoms with E-state index >= 15 is 0 Å². The van der Waals surface area contributed by atoms with Gasteiger partial charge in [-0.15, -0.1) is 0 Å². The van der Waals surface area contributed by atoms with Crippen LogP contribution in [0.15, 0.2) is 21.8 Å². The summed E-state index contributed by atoms with van der Waals surface area (Å²) < 4.78 is 0. The van der Waals surface area contributed by atoms with Gasteiger partial charge in [0.25, 0.3) is 0 Å². The van der Waals surface area contributed by atoms with Gasteiger partial charge < -0.3 is 17.2 Å². The summed E-state index contributed by atoms with van der Waals surface area (Å²) in [5, 5.41) is 0. The number of aliphatic imine (C=N–C) groups is 2. The molecule has 0 amide bonds. The van der Waals surface area contributed by atoms with Crippen molar-refractivity contribution >= 4 is 12.2 Å². The van der Waals surface area contributed by atoms with Gasteiger partial charge in [-0.3, -0.25) is 9.98 Å². The van der Waals surface area contributed by atoms with Gasteiger partial charge in [0.2, 0.25) is 0 Å². The maximum atomic E-state index is 5.31. The molecule has 1 aliphatic rings. The molecule has 0 aromatic rings. The Bertz CT molecular complexity index is 392. The van der Waals surface area contributed by atoms with Crippen LogP contribution in [0.3, 0.4) is 0 Å². The molecule has 0 atom stereocenters. The van der Waals surface area contributed by atoms with Crippen LogP contribution >= 0.6 is 0 Å². The van der Waals surface area contributed by atoms with E-state index in [0.717, 1.165) is 37.8 Å². The molecule has 0 bridgehead atoms. The van der Waals surface area contributed by atoms with Crippen molar-refractivity contribution in [2.75, 3.05) is 13.1 Å². The van der Waals surface area contributed by atoms with Crippen molar-refractivity contribution in [2.24, 2.45) is 44.9 Å². The highest BCUT2D eigenvalue weighted by atomic mass is 15.0. The van der Waals surface area contributed by atoms with Crippen molar-refractivity contribution in [3.63, 3.8) is 0 Å². The Hall–Kier alpha value is -1.36. The third-order valence-corrected chi connectivity index (χ3v) is 3.88. The molecule has 0 saturated heterocycles. The van der Waals surface area contributed by atoms with E-state index < -0.39 is 0 Å². The monoisotopic (exact) mass is 383 g/mol. The van der Waals surface area contributed by atoms with Crippen LogP contribution in [0.4, 0.5) is 0 Å². The van der Waals surface area contributed by atoms with E-state index in [1.54, 1.807) is 0 Å². The molecule has 0 aliphatic carbocycles. The molecule has 0 radical (unpaired) electrons. The van der Waals surface area contributed by atoms with Crippen LogP contribution in [0, 0.1) is 17.8 Å². The molecule has 0 fully saturated rings. The van der Waals surface area contributed by atoms with Crippen molar-refractivity contribution in [3.05, 3.63) is 11.8 Å². The zero-order valence-corrected chi connectivity index (χ0v) is 18.2. The lowest BCUT2D eigenvalue weighted by Crippen LogP contribution is -2.22. The second-order valence-electron chi connectivity index (χ2n) is 7.92. The summed E-state index contributed by atoms with van der Waals surface area (Å²) in [6.45, 7) is 14.9. The lowest BCUT2D eigenvalue weighted by molar-refractivity contribution is 0.541. The summed E-state index contributed by atoms with van der Waals surface area (Å²) in [4.78, 5) is 7.87. The minimum Gasteiger partial charge on any atom is -0.370 e. The highest BCUT2D eigenvalue weighted by molar-refractivity contribution is 5.75. The number of hydrogen-bond donors (Lipinski definition) is 3. The molecule has 27 heavy (non-hydrogen) atoms. The molecular weight excluding hydrogens is 334 g/mol. The second kappa shape index (κ2) is 20.9. The second-order valence-corrected chi connectivity index (χ2v) is 7.92. The molecule has 0 saturated carbocycles. The van der Waals surface area contributed by atoms with Gasteiger partial charge in [-0.2, -0.15) is 0 Å². The number of unbranched alkanes of at least 4 members (excludes halogenated alkanes) is 1. The summed E-state index contributed by atoms with van der Waals surface area (Å²) in [6, 6.07) is 0. The Kier molecular flexibility index (Phi) is 23.6. The number of allylic oxidation sites excluding steroid dienone is 1. The van der Waals surface area contributed by atoms with Crippen LogP contribution in [0.2, 0.25) is 0 Å². The Labute approximate surface area is 170 Å². The van der Waals surface area contributed by atoms with Gasteiger partial charge in [0.15, 0.2) is 5.96 Å². The van der Waals surface area contributed by atoms with E-state index in [4.69, 9.17) is 17.2 Å². The fourth-order valence-corrected chi connectivity index (χ4v) is 2.15. The quantitative estimate of drug-likeness (QED) is 0.293. The number of guanidine groups is 1. The van der Waals surface area contributed by atoms with Gasteiger partial charge in [0.05, 0.1) is 0 Å². The molecule has 5 heteroatoms. The van der Waals surface area contributed by atoms with Gasteiger partial charge in [0, 0.05) is 25.4 Å². The topological polar surface area (TPSA) is 103 Å². The van der Waals surface area contributed by atoms with Gasteiger partial charge in [-0.1, -0.05) is 61.8 Å². The third-order valence-electron chi connectivity index (χ3n) is 3.88. The van der Waals surface area contributed by atoms with Gasteiger partial charge in [-0.25, -0.2) is 0 Å². The summed E-state index contributed by atoms with van der Waals surface area (Å²) >= 11 is 0. The summed E-state index contributed by atoms with van der Waals surface area (Å²) in [5.74, 6) is 2.47. The lowest BCUT2D eigenvalue weighted by Gasteiger charge is -2.01. The van der Waals surface area contributed by atoms with Crippen molar-refractivity contribution in [1.82, 2.24) is 0 Å². The molecule has 5 nitrogen and oxygen atoms in total. The van der Waals surface area contributed by atoms with Gasteiger partial charge in [0.1, 0.15) is 0 Å². The molecule has 6 N–H and O–H groups in total. The maximum absolute atomic E-state index is 5.31. The standard InChI is InChI=1S/C7H17N3.C7H11N.C7H17N.CH4/c1-6(2)4-3-5-10-7(8)9;1-6(2)7-3-4-8-5-7;1-7(2)5-3-4-6-8;/h6H,3-5H2,1-2H3,(H4,8,9,10);4-6H,3H2,1-2H3;7H,3-6,8H2,1-2H3;1H4. The van der Waals surface area contributed by atoms with E-state index in [9.17, 15) is 0 Å². The molecule has 162 valence electrons. The molecular formula is C22H49N5. The van der Waals surface area contributed by atoms with E-state index in [0.29, 0.717) is 5.92 Å². The SMILES string of the molecule is C.CC(C)C1=CN=CC1.CC(C)CCCCN.CC(C)CCCN=C(N)N. The Morgan fingerprint density at radius 2 is 1.56 bits per heavy atom. The molecule has 1 rings (SSSR count). The summed E-state index contributed by atoms with van der Waals surface area (Å²) in [7, 11) is 0. The predicted octanol–water partition coefficient (Wildman–Crippen LogP) is 5.10. The Balaban J connectivity index is -0.000000317. The lowest BCUT2D eigenvalue weighted by atomic mass is 10.0. The van der Waals surface area contributed by atoms with Crippen LogP contribution < -0.4 is 17.2 Å². The van der Waals surface area contributed by atoms with Crippen LogP contribution in [-0.4, -0.2) is 25.3 Å². The summed E-state index contributed by atoms with van der Waals surface area (Å²) in [5.41, 5.74) is 17.0. The number of rotatable bonds is 9. The van der Waals surface area contributed by atoms with Crippen LogP contribution in [0.25, 0.3) is 0 Å². The average Bonchev–Trinajstić information content (AvgIpc) is 3.07. The minimum absolute atomic E-state index is 0. The van der Waals surface area contributed by atoms with Crippen LogP contribution in [0.5, 0.6) is 0 Å². The average molecular weight is 384 g/mol. The largest absolute Gasteiger partial charge is 0.370 e. The zero-order chi connectivity index (χ0) is 20.4. The van der Waals surface area contributed by atoms with Crippen molar-refractivity contribution in [1.29, 1.82) is 0 Å². The first-order chi connectivity index (χ1) is 12.2. The predicted molar refractivity (Wildman–Crippen MR) is 125 cm³/mol. The van der Waals surface area contributed by atoms with Crippen LogP contribution in [0.1, 0.15) is 87.5 Å². The molecule has 0 aromatic carbocycles. The minimum atomic E-state index is 0. The first-order valence-electron chi connectivity index (χ1n) is 10.2. The van der Waals surface area contributed by atoms with E-state index in [1.807, 2.05) is 12.4 Å². The van der Waals surface area contributed by atoms with E-state index in [1.165, 1.54) is 31.3 Å². The highest BCUT2D eigenvalue weighted by Crippen LogP contribution is 2.15. The Morgan fingerprint density at radius 3 is 1.89 bits per heavy atom. The number of hydrogen-bond acceptors (Lipinski definition) is 3. The molecule has 0 unspecified atom stereocenters. The third kappa shape index (κ3) is 27.0. The van der Waals surface area contributed by atoms with Crippen molar-refractivity contribution in [3.8, 4) is 0 Å². The van der Waals surface area contributed by atoms with Crippen molar-refractivity contribution in [2.45, 2.75) is 87.5 Å². The van der Waals surface area contributed by atoms with E-state index in [2.05, 4.69) is 51.5 Å².